The number of benzene rings is 1. The molecule has 0 radical (unpaired) electrons. The molecular formula is C13H18N6O. The Hall–Kier alpha value is -2.28. The average Bonchev–Trinajstić information content (AvgIpc) is 3.01. The SMILES string of the molecule is CNCCCN(C)C(=O)c1ccc(-n2cnnn2)cc1. The lowest BCUT2D eigenvalue weighted by Gasteiger charge is -2.17. The van der Waals surface area contributed by atoms with Crippen LogP contribution < -0.4 is 5.32 Å². The zero-order chi connectivity index (χ0) is 14.4. The number of carbonyl (C=O) groups excluding carboxylic acids is 1. The molecule has 1 aromatic heterocycles. The summed E-state index contributed by atoms with van der Waals surface area (Å²) in [6, 6.07) is 7.22. The van der Waals surface area contributed by atoms with E-state index in [4.69, 9.17) is 0 Å². The van der Waals surface area contributed by atoms with Crippen LogP contribution in [0.2, 0.25) is 0 Å². The van der Waals surface area contributed by atoms with Crippen LogP contribution in [-0.2, 0) is 0 Å². The van der Waals surface area contributed by atoms with E-state index in [0.717, 1.165) is 25.2 Å². The Morgan fingerprint density at radius 3 is 2.70 bits per heavy atom. The first-order valence-corrected chi connectivity index (χ1v) is 6.46. The summed E-state index contributed by atoms with van der Waals surface area (Å²) >= 11 is 0. The number of amides is 1. The van der Waals surface area contributed by atoms with Gasteiger partial charge in [-0.1, -0.05) is 0 Å². The number of aromatic nitrogens is 4. The van der Waals surface area contributed by atoms with Crippen molar-refractivity contribution in [2.75, 3.05) is 27.2 Å². The Kier molecular flexibility index (Phi) is 4.78. The number of nitrogens with one attached hydrogen (secondary N) is 1. The summed E-state index contributed by atoms with van der Waals surface area (Å²) in [4.78, 5) is 13.9. The maximum absolute atomic E-state index is 12.2. The molecule has 7 nitrogen and oxygen atoms in total. The molecule has 0 aliphatic rings. The van der Waals surface area contributed by atoms with Crippen LogP contribution in [0.5, 0.6) is 0 Å². The highest BCUT2D eigenvalue weighted by molar-refractivity contribution is 5.94. The second kappa shape index (κ2) is 6.76. The van der Waals surface area contributed by atoms with E-state index >= 15 is 0 Å². The number of nitrogens with zero attached hydrogens (tertiary/aromatic N) is 5. The van der Waals surface area contributed by atoms with Crippen molar-refractivity contribution >= 4 is 5.91 Å². The molecule has 0 bridgehead atoms. The fourth-order valence-electron chi connectivity index (χ4n) is 1.85. The molecule has 2 aromatic rings. The second-order valence-electron chi connectivity index (χ2n) is 4.49. The van der Waals surface area contributed by atoms with E-state index in [1.165, 1.54) is 6.33 Å². The van der Waals surface area contributed by atoms with Gasteiger partial charge in [0.05, 0.1) is 5.69 Å². The zero-order valence-electron chi connectivity index (χ0n) is 11.7. The van der Waals surface area contributed by atoms with Gasteiger partial charge in [-0.3, -0.25) is 4.79 Å². The zero-order valence-corrected chi connectivity index (χ0v) is 11.7. The first-order chi connectivity index (χ1) is 9.72. The Bertz CT molecular complexity index is 536. The topological polar surface area (TPSA) is 75.9 Å². The molecular weight excluding hydrogens is 256 g/mol. The van der Waals surface area contributed by atoms with Gasteiger partial charge in [0, 0.05) is 19.2 Å². The smallest absolute Gasteiger partial charge is 0.253 e. The number of rotatable bonds is 6. The van der Waals surface area contributed by atoms with Gasteiger partial charge in [-0.25, -0.2) is 4.68 Å². The predicted octanol–water partition coefficient (Wildman–Crippen LogP) is 0.344. The lowest BCUT2D eigenvalue weighted by atomic mass is 10.2. The quantitative estimate of drug-likeness (QED) is 0.769. The lowest BCUT2D eigenvalue weighted by Crippen LogP contribution is -2.29. The molecule has 0 unspecified atom stereocenters. The standard InChI is InChI=1S/C13H18N6O/c1-14-8-3-9-18(2)13(20)11-4-6-12(7-5-11)19-10-15-16-17-19/h4-7,10,14H,3,8-9H2,1-2H3. The van der Waals surface area contributed by atoms with Crippen molar-refractivity contribution in [1.29, 1.82) is 0 Å². The third-order valence-electron chi connectivity index (χ3n) is 2.99. The predicted molar refractivity (Wildman–Crippen MR) is 74.7 cm³/mol. The van der Waals surface area contributed by atoms with E-state index < -0.39 is 0 Å². The van der Waals surface area contributed by atoms with Crippen molar-refractivity contribution in [1.82, 2.24) is 30.4 Å². The molecule has 2 rings (SSSR count). The molecule has 0 saturated heterocycles. The number of tetrazole rings is 1. The van der Waals surface area contributed by atoms with E-state index in [0.29, 0.717) is 5.56 Å². The first-order valence-electron chi connectivity index (χ1n) is 6.46. The van der Waals surface area contributed by atoms with Gasteiger partial charge in [-0.2, -0.15) is 0 Å². The molecule has 0 saturated carbocycles. The molecule has 0 atom stereocenters. The lowest BCUT2D eigenvalue weighted by molar-refractivity contribution is 0.0794. The van der Waals surface area contributed by atoms with Gasteiger partial charge in [-0.15, -0.1) is 5.10 Å². The Labute approximate surface area is 117 Å². The highest BCUT2D eigenvalue weighted by atomic mass is 16.2. The van der Waals surface area contributed by atoms with Crippen molar-refractivity contribution in [2.24, 2.45) is 0 Å². The fraction of sp³-hybridized carbons (Fsp3) is 0.385. The van der Waals surface area contributed by atoms with E-state index in [2.05, 4.69) is 20.8 Å². The van der Waals surface area contributed by atoms with Crippen LogP contribution in [0.4, 0.5) is 0 Å². The summed E-state index contributed by atoms with van der Waals surface area (Å²) < 4.78 is 1.55. The van der Waals surface area contributed by atoms with Crippen LogP contribution in [0.1, 0.15) is 16.8 Å². The van der Waals surface area contributed by atoms with Gasteiger partial charge in [0.2, 0.25) is 0 Å². The molecule has 0 aliphatic carbocycles. The highest BCUT2D eigenvalue weighted by Gasteiger charge is 2.11. The first kappa shape index (κ1) is 14.1. The Morgan fingerprint density at radius 2 is 2.10 bits per heavy atom. The van der Waals surface area contributed by atoms with E-state index in [1.807, 2.05) is 26.2 Å². The number of carbonyl (C=O) groups is 1. The van der Waals surface area contributed by atoms with Crippen LogP contribution in [0.3, 0.4) is 0 Å². The summed E-state index contributed by atoms with van der Waals surface area (Å²) in [5.74, 6) is 0.0179. The molecule has 1 amide bonds. The Morgan fingerprint density at radius 1 is 1.35 bits per heavy atom. The third kappa shape index (κ3) is 3.39. The van der Waals surface area contributed by atoms with Gasteiger partial charge in [0.15, 0.2) is 0 Å². The maximum Gasteiger partial charge on any atom is 0.253 e. The third-order valence-corrected chi connectivity index (χ3v) is 2.99. The maximum atomic E-state index is 12.2. The molecule has 0 aliphatic heterocycles. The summed E-state index contributed by atoms with van der Waals surface area (Å²) in [5, 5.41) is 14.0. The molecule has 20 heavy (non-hydrogen) atoms. The van der Waals surface area contributed by atoms with Crippen LogP contribution in [0.15, 0.2) is 30.6 Å². The normalized spacial score (nSPS) is 10.5. The second-order valence-corrected chi connectivity index (χ2v) is 4.49. The van der Waals surface area contributed by atoms with Crippen molar-refractivity contribution < 1.29 is 4.79 Å². The minimum Gasteiger partial charge on any atom is -0.342 e. The van der Waals surface area contributed by atoms with Crippen LogP contribution in [0, 0.1) is 0 Å². The summed E-state index contributed by atoms with van der Waals surface area (Å²) in [6.45, 7) is 1.63. The van der Waals surface area contributed by atoms with Gasteiger partial charge < -0.3 is 10.2 Å². The molecule has 0 fully saturated rings. The number of hydrogen-bond acceptors (Lipinski definition) is 5. The molecule has 7 heteroatoms. The summed E-state index contributed by atoms with van der Waals surface area (Å²) in [5.41, 5.74) is 1.48. The van der Waals surface area contributed by atoms with Crippen molar-refractivity contribution in [3.63, 3.8) is 0 Å². The summed E-state index contributed by atoms with van der Waals surface area (Å²) in [7, 11) is 3.72. The minimum atomic E-state index is 0.0179. The average molecular weight is 274 g/mol. The van der Waals surface area contributed by atoms with E-state index in [1.54, 1.807) is 21.7 Å². The fourth-order valence-corrected chi connectivity index (χ4v) is 1.85. The largest absolute Gasteiger partial charge is 0.342 e. The van der Waals surface area contributed by atoms with E-state index in [9.17, 15) is 4.79 Å². The van der Waals surface area contributed by atoms with E-state index in [-0.39, 0.29) is 5.91 Å². The number of hydrogen-bond donors (Lipinski definition) is 1. The molecule has 1 heterocycles. The van der Waals surface area contributed by atoms with Crippen molar-refractivity contribution in [2.45, 2.75) is 6.42 Å². The van der Waals surface area contributed by atoms with Crippen LogP contribution in [-0.4, -0.2) is 58.2 Å². The molecule has 1 aromatic carbocycles. The van der Waals surface area contributed by atoms with Crippen LogP contribution in [0.25, 0.3) is 5.69 Å². The summed E-state index contributed by atoms with van der Waals surface area (Å²) in [6.07, 6.45) is 2.45. The molecule has 106 valence electrons. The Balaban J connectivity index is 2.00. The molecule has 1 N–H and O–H groups in total. The van der Waals surface area contributed by atoms with Gasteiger partial charge in [0.25, 0.3) is 5.91 Å². The highest BCUT2D eigenvalue weighted by Crippen LogP contribution is 2.09. The van der Waals surface area contributed by atoms with Gasteiger partial charge in [-0.05, 0) is 54.7 Å². The van der Waals surface area contributed by atoms with Gasteiger partial charge >= 0.3 is 0 Å². The molecule has 0 spiro atoms. The van der Waals surface area contributed by atoms with Crippen LogP contribution >= 0.6 is 0 Å². The van der Waals surface area contributed by atoms with Crippen molar-refractivity contribution in [3.8, 4) is 5.69 Å². The van der Waals surface area contributed by atoms with Gasteiger partial charge in [0.1, 0.15) is 6.33 Å². The monoisotopic (exact) mass is 274 g/mol. The van der Waals surface area contributed by atoms with Crippen molar-refractivity contribution in [3.05, 3.63) is 36.2 Å². The minimum absolute atomic E-state index is 0.0179.